The molecule has 1 unspecified atom stereocenters. The summed E-state index contributed by atoms with van der Waals surface area (Å²) < 4.78 is 54.4. The Labute approximate surface area is 602 Å². The summed E-state index contributed by atoms with van der Waals surface area (Å²) in [5.74, 6) is -1.81. The maximum atomic E-state index is 13.3. The SMILES string of the molecule is CC(C)C(=O)CCCNC(=O)c1cccc(C(=O)NCCCC(=O)C(C)C)c1.CC(C)C(=O)c1cccc(C(=O)C(C)C)c1.CNCCC(C(=O)NO)N(OC(C)C)S(=O)(=O)c1ccc(-c2ccccc2)cc1.CNCC[C@H](C(=O)NO)N(OC(C)C)S(=O)(=O)c1ccc(-c2ccccc2)cc1. The number of hydrogen-bond acceptors (Lipinski definition) is 18. The fourth-order valence-corrected chi connectivity index (χ4v) is 12.5. The molecule has 8 N–H and O–H groups in total. The number of nitrogens with one attached hydrogen (secondary N) is 6. The minimum atomic E-state index is -4.17. The van der Waals surface area contributed by atoms with Crippen molar-refractivity contribution >= 4 is 66.8 Å². The van der Waals surface area contributed by atoms with Gasteiger partial charge in [-0.3, -0.25) is 58.4 Å². The van der Waals surface area contributed by atoms with E-state index in [9.17, 15) is 55.2 Å². The van der Waals surface area contributed by atoms with Gasteiger partial charge in [0.25, 0.3) is 43.7 Å². The Balaban J connectivity index is 0.000000360. The molecule has 0 aliphatic rings. The van der Waals surface area contributed by atoms with Gasteiger partial charge in [-0.05, 0) is 151 Å². The molecular formula is C76H104N8O16S2. The maximum Gasteiger partial charge on any atom is 0.265 e. The van der Waals surface area contributed by atoms with Gasteiger partial charge < -0.3 is 21.3 Å². The highest BCUT2D eigenvalue weighted by Crippen LogP contribution is 2.28. The van der Waals surface area contributed by atoms with E-state index >= 15 is 0 Å². The molecule has 6 rings (SSSR count). The number of sulfonamides is 2. The summed E-state index contributed by atoms with van der Waals surface area (Å²) in [7, 11) is -4.98. The summed E-state index contributed by atoms with van der Waals surface area (Å²) >= 11 is 0. The van der Waals surface area contributed by atoms with E-state index in [0.29, 0.717) is 83.1 Å². The summed E-state index contributed by atoms with van der Waals surface area (Å²) in [4.78, 5) is 107. The van der Waals surface area contributed by atoms with Crippen LogP contribution in [0.3, 0.4) is 0 Å². The number of carbonyl (C=O) groups is 8. The van der Waals surface area contributed by atoms with E-state index < -0.39 is 56.2 Å². The van der Waals surface area contributed by atoms with Crippen molar-refractivity contribution in [3.8, 4) is 22.3 Å². The lowest BCUT2D eigenvalue weighted by atomic mass is 9.95. The molecule has 0 fully saturated rings. The Bertz CT molecular complexity index is 3610. The fourth-order valence-electron chi connectivity index (χ4n) is 9.50. The van der Waals surface area contributed by atoms with Gasteiger partial charge in [-0.15, -0.1) is 0 Å². The predicted octanol–water partition coefficient (Wildman–Crippen LogP) is 10.9. The number of nitrogens with zero attached hydrogens (tertiary/aromatic N) is 2. The van der Waals surface area contributed by atoms with Crippen LogP contribution in [0.4, 0.5) is 0 Å². The number of Topliss-reactive ketones (excluding diaryl/α,β-unsaturated/α-hetero) is 4. The van der Waals surface area contributed by atoms with Crippen LogP contribution >= 0.6 is 0 Å². The summed E-state index contributed by atoms with van der Waals surface area (Å²) in [6.07, 6.45) is 1.29. The average molecular weight is 1450 g/mol. The first-order valence-electron chi connectivity index (χ1n) is 34.1. The highest BCUT2D eigenvalue weighted by molar-refractivity contribution is 7.89. The molecule has 0 spiro atoms. The highest BCUT2D eigenvalue weighted by atomic mass is 32.2. The summed E-state index contributed by atoms with van der Waals surface area (Å²) in [6, 6.07) is 42.8. The van der Waals surface area contributed by atoms with E-state index in [1.807, 2.05) is 116 Å². The Morgan fingerprint density at radius 1 is 0.392 bits per heavy atom. The lowest BCUT2D eigenvalue weighted by molar-refractivity contribution is -0.167. The van der Waals surface area contributed by atoms with Crippen LogP contribution in [0.25, 0.3) is 22.3 Å². The van der Waals surface area contributed by atoms with Crippen LogP contribution in [0.5, 0.6) is 0 Å². The third-order valence-electron chi connectivity index (χ3n) is 15.2. The van der Waals surface area contributed by atoms with Crippen LogP contribution in [-0.4, -0.2) is 148 Å². The molecule has 556 valence electrons. The Hall–Kier alpha value is -8.54. The van der Waals surface area contributed by atoms with Crippen molar-refractivity contribution in [1.82, 2.24) is 41.2 Å². The number of hydrogen-bond donors (Lipinski definition) is 8. The predicted molar refractivity (Wildman–Crippen MR) is 393 cm³/mol. The first kappa shape index (κ1) is 87.7. The second-order valence-electron chi connectivity index (χ2n) is 25.5. The van der Waals surface area contributed by atoms with Crippen LogP contribution in [0.2, 0.25) is 0 Å². The molecule has 0 heterocycles. The largest absolute Gasteiger partial charge is 0.352 e. The minimum Gasteiger partial charge on any atom is -0.352 e. The van der Waals surface area contributed by atoms with E-state index in [0.717, 1.165) is 22.3 Å². The van der Waals surface area contributed by atoms with E-state index in [1.165, 1.54) is 35.2 Å². The zero-order chi connectivity index (χ0) is 76.3. The Morgan fingerprint density at radius 2 is 0.696 bits per heavy atom. The Morgan fingerprint density at radius 3 is 0.980 bits per heavy atom. The van der Waals surface area contributed by atoms with E-state index in [2.05, 4.69) is 21.3 Å². The minimum absolute atomic E-state index is 0.00869. The molecule has 24 nitrogen and oxygen atoms in total. The molecule has 0 aliphatic heterocycles. The first-order valence-corrected chi connectivity index (χ1v) is 37.0. The van der Waals surface area contributed by atoms with Gasteiger partial charge >= 0.3 is 0 Å². The smallest absolute Gasteiger partial charge is 0.265 e. The number of rotatable bonds is 36. The molecule has 0 bridgehead atoms. The van der Waals surface area contributed by atoms with Gasteiger partial charge in [-0.25, -0.2) is 27.8 Å². The maximum absolute atomic E-state index is 13.3. The zero-order valence-electron chi connectivity index (χ0n) is 61.0. The van der Waals surface area contributed by atoms with Gasteiger partial charge in [-0.2, -0.15) is 0 Å². The third kappa shape index (κ3) is 28.7. The van der Waals surface area contributed by atoms with Crippen molar-refractivity contribution in [2.24, 2.45) is 23.7 Å². The van der Waals surface area contributed by atoms with Gasteiger partial charge in [0.15, 0.2) is 11.6 Å². The van der Waals surface area contributed by atoms with E-state index in [4.69, 9.17) is 20.1 Å². The third-order valence-corrected chi connectivity index (χ3v) is 18.6. The molecule has 4 amide bonds. The lowest BCUT2D eigenvalue weighted by Gasteiger charge is -2.30. The van der Waals surface area contributed by atoms with Crippen LogP contribution in [0.1, 0.15) is 163 Å². The number of hydroxylamine groups is 4. The number of ketones is 4. The zero-order valence-corrected chi connectivity index (χ0v) is 62.7. The Kier molecular flexibility index (Phi) is 38.5. The summed E-state index contributed by atoms with van der Waals surface area (Å²) in [5.41, 5.74) is 8.75. The van der Waals surface area contributed by atoms with Gasteiger partial charge in [0.1, 0.15) is 23.7 Å². The lowest BCUT2D eigenvalue weighted by Crippen LogP contribution is -2.50. The molecule has 26 heteroatoms. The average Bonchev–Trinajstić information content (AvgIpc) is 0.792. The van der Waals surface area contributed by atoms with E-state index in [1.54, 1.807) is 115 Å². The van der Waals surface area contributed by atoms with Crippen molar-refractivity contribution < 1.29 is 75.3 Å². The van der Waals surface area contributed by atoms with Gasteiger partial charge in [0.05, 0.1) is 22.0 Å². The molecule has 0 aliphatic carbocycles. The summed E-state index contributed by atoms with van der Waals surface area (Å²) in [5, 5.41) is 29.5. The van der Waals surface area contributed by atoms with Crippen molar-refractivity contribution in [1.29, 1.82) is 0 Å². The highest BCUT2D eigenvalue weighted by Gasteiger charge is 2.39. The van der Waals surface area contributed by atoms with Gasteiger partial charge in [0, 0.05) is 71.9 Å². The number of amides is 4. The second-order valence-corrected chi connectivity index (χ2v) is 29.1. The monoisotopic (exact) mass is 1450 g/mol. The second kappa shape index (κ2) is 44.8. The topological polar surface area (TPSA) is 342 Å². The summed E-state index contributed by atoms with van der Waals surface area (Å²) in [6.45, 7) is 23.0. The van der Waals surface area contributed by atoms with Crippen molar-refractivity contribution in [2.75, 3.05) is 40.3 Å². The van der Waals surface area contributed by atoms with Crippen LogP contribution in [-0.2, 0) is 48.9 Å². The number of carbonyl (C=O) groups excluding carboxylic acids is 8. The molecule has 0 radical (unpaired) electrons. The van der Waals surface area contributed by atoms with Crippen molar-refractivity contribution in [2.45, 2.75) is 156 Å². The molecule has 0 saturated carbocycles. The fraction of sp³-hybridized carbons (Fsp3) is 0.421. The van der Waals surface area contributed by atoms with Crippen molar-refractivity contribution in [3.05, 3.63) is 180 Å². The quantitative estimate of drug-likeness (QED) is 0.00784. The van der Waals surface area contributed by atoms with Gasteiger partial charge in [0.2, 0.25) is 0 Å². The normalized spacial score (nSPS) is 12.0. The van der Waals surface area contributed by atoms with E-state index in [-0.39, 0.29) is 81.3 Å². The van der Waals surface area contributed by atoms with Crippen LogP contribution in [0.15, 0.2) is 168 Å². The molecular weight excluding hydrogens is 1350 g/mol. The molecule has 0 saturated heterocycles. The molecule has 102 heavy (non-hydrogen) atoms. The van der Waals surface area contributed by atoms with Crippen molar-refractivity contribution in [3.63, 3.8) is 0 Å². The van der Waals surface area contributed by atoms with Crippen LogP contribution < -0.4 is 32.2 Å². The first-order chi connectivity index (χ1) is 48.3. The molecule has 2 atom stereocenters. The molecule has 6 aromatic rings. The standard InChI is InChI=1S/C22H32N2O4.2C20H27N3O5S.C14H18O2/c1-15(2)19(25)10-6-12-23-21(27)17-8-5-9-18(14-17)22(28)24-13-7-11-20(26)16(3)4;2*1-15(2)28-23(19(13-14-21-3)20(24)22-25)29(26,27)18-11-9-17(10-12-18)16-7-5-4-6-8-16;1-9(2)13(15)11-6-5-7-12(8-11)14(16)10(3)4/h5,8-9,14-16H,6-7,10-13H2,1-4H3,(H,23,27)(H,24,28);2*4-12,15,19,21,25H,13-14H2,1-3H3,(H,22,24);5-10H,1-4H3/t;19-;;/m.1../s1. The number of benzene rings is 6. The van der Waals surface area contributed by atoms with Crippen LogP contribution in [0, 0.1) is 23.7 Å². The molecule has 0 aromatic heterocycles. The van der Waals surface area contributed by atoms with Gasteiger partial charge in [-0.1, -0.05) is 174 Å². The molecule has 6 aromatic carbocycles.